The predicted molar refractivity (Wildman–Crippen MR) is 66.4 cm³/mol. The second kappa shape index (κ2) is 6.67. The molecule has 0 aliphatic rings. The van der Waals surface area contributed by atoms with E-state index in [0.717, 1.165) is 0 Å². The Balaban J connectivity index is 2.44. The number of benzene rings is 1. The maximum atomic E-state index is 12.9. The summed E-state index contributed by atoms with van der Waals surface area (Å²) in [5.74, 6) is -1.31. The molecule has 0 saturated carbocycles. The lowest BCUT2D eigenvalue weighted by molar-refractivity contribution is -0.137. The highest BCUT2D eigenvalue weighted by molar-refractivity contribution is 6.39. The van der Waals surface area contributed by atoms with Crippen LogP contribution in [0.15, 0.2) is 12.1 Å². The van der Waals surface area contributed by atoms with Crippen molar-refractivity contribution < 1.29 is 14.3 Å². The zero-order valence-corrected chi connectivity index (χ0v) is 10.5. The van der Waals surface area contributed by atoms with Crippen LogP contribution in [0.2, 0.25) is 10.0 Å². The Kier molecular flexibility index (Phi) is 5.51. The Morgan fingerprint density at radius 2 is 1.88 bits per heavy atom. The summed E-state index contributed by atoms with van der Waals surface area (Å²) in [5, 5.41) is 11.8. The molecule has 0 radical (unpaired) electrons. The molecule has 0 atom stereocenters. The Labute approximate surface area is 109 Å². The first-order valence-electron chi connectivity index (χ1n) is 5.11. The smallest absolute Gasteiger partial charge is 0.303 e. The van der Waals surface area contributed by atoms with Crippen molar-refractivity contribution in [3.05, 3.63) is 28.0 Å². The molecule has 0 fully saturated rings. The molecule has 1 rings (SSSR count). The molecule has 0 saturated heterocycles. The minimum Gasteiger partial charge on any atom is -0.481 e. The largest absolute Gasteiger partial charge is 0.481 e. The zero-order chi connectivity index (χ0) is 12.8. The van der Waals surface area contributed by atoms with Crippen molar-refractivity contribution in [3.8, 4) is 0 Å². The van der Waals surface area contributed by atoms with Gasteiger partial charge in [0.05, 0.1) is 15.7 Å². The summed E-state index contributed by atoms with van der Waals surface area (Å²) in [6.07, 6.45) is 1.38. The molecule has 1 aromatic rings. The van der Waals surface area contributed by atoms with Crippen molar-refractivity contribution in [2.24, 2.45) is 0 Å². The quantitative estimate of drug-likeness (QED) is 0.779. The Bertz CT molecular complexity index is 389. The minimum absolute atomic E-state index is 0.132. The molecule has 2 N–H and O–H groups in total. The van der Waals surface area contributed by atoms with Crippen molar-refractivity contribution in [3.63, 3.8) is 0 Å². The van der Waals surface area contributed by atoms with Crippen LogP contribution in [0.25, 0.3) is 0 Å². The average Bonchev–Trinajstić information content (AvgIpc) is 2.20. The number of carboxylic acid groups (broad SMARTS) is 1. The highest BCUT2D eigenvalue weighted by Crippen LogP contribution is 2.31. The summed E-state index contributed by atoms with van der Waals surface area (Å²) in [7, 11) is 0. The summed E-state index contributed by atoms with van der Waals surface area (Å²) >= 11 is 11.6. The summed E-state index contributed by atoms with van der Waals surface area (Å²) in [5.41, 5.74) is 0.477. The van der Waals surface area contributed by atoms with Gasteiger partial charge in [-0.15, -0.1) is 0 Å². The van der Waals surface area contributed by atoms with Crippen molar-refractivity contribution >= 4 is 34.9 Å². The van der Waals surface area contributed by atoms with Crippen LogP contribution in [0.5, 0.6) is 0 Å². The highest BCUT2D eigenvalue weighted by Gasteiger charge is 2.07. The number of hydrogen-bond acceptors (Lipinski definition) is 2. The molecule has 6 heteroatoms. The van der Waals surface area contributed by atoms with Gasteiger partial charge in [0, 0.05) is 13.0 Å². The molecule has 0 amide bonds. The molecule has 0 heterocycles. The number of unbranched alkanes of at least 4 members (excludes halogenated alkanes) is 1. The number of nitrogens with one attached hydrogen (secondary N) is 1. The van der Waals surface area contributed by atoms with Crippen molar-refractivity contribution in [2.75, 3.05) is 11.9 Å². The van der Waals surface area contributed by atoms with Crippen LogP contribution in [-0.2, 0) is 4.79 Å². The monoisotopic (exact) mass is 279 g/mol. The third kappa shape index (κ3) is 4.79. The van der Waals surface area contributed by atoms with E-state index < -0.39 is 11.8 Å². The standard InChI is InChI=1S/C11H12Cl2FNO2/c12-8-5-7(14)6-9(13)11(8)15-4-2-1-3-10(16)17/h5-6,15H,1-4H2,(H,16,17). The van der Waals surface area contributed by atoms with Gasteiger partial charge in [-0.1, -0.05) is 23.2 Å². The van der Waals surface area contributed by atoms with Gasteiger partial charge in [-0.05, 0) is 25.0 Å². The first kappa shape index (κ1) is 14.1. The summed E-state index contributed by atoms with van der Waals surface area (Å²) in [4.78, 5) is 10.3. The third-order valence-corrected chi connectivity index (χ3v) is 2.72. The molecule has 0 spiro atoms. The van der Waals surface area contributed by atoms with E-state index in [2.05, 4.69) is 5.32 Å². The Morgan fingerprint density at radius 3 is 2.41 bits per heavy atom. The van der Waals surface area contributed by atoms with Gasteiger partial charge >= 0.3 is 5.97 Å². The fraction of sp³-hybridized carbons (Fsp3) is 0.364. The van der Waals surface area contributed by atoms with Gasteiger partial charge in [-0.3, -0.25) is 4.79 Å². The summed E-state index contributed by atoms with van der Waals surface area (Å²) in [6.45, 7) is 0.540. The maximum absolute atomic E-state index is 12.9. The molecule has 94 valence electrons. The van der Waals surface area contributed by atoms with E-state index in [9.17, 15) is 9.18 Å². The number of carbonyl (C=O) groups is 1. The van der Waals surface area contributed by atoms with E-state index in [1.54, 1.807) is 0 Å². The molecule has 0 aliphatic carbocycles. The topological polar surface area (TPSA) is 49.3 Å². The van der Waals surface area contributed by atoms with Crippen LogP contribution in [0.4, 0.5) is 10.1 Å². The van der Waals surface area contributed by atoms with Crippen LogP contribution in [0, 0.1) is 5.82 Å². The Hall–Kier alpha value is -1.00. The number of halogens is 3. The van der Waals surface area contributed by atoms with Crippen LogP contribution in [0.1, 0.15) is 19.3 Å². The molecule has 0 unspecified atom stereocenters. The van der Waals surface area contributed by atoms with Crippen LogP contribution in [0.3, 0.4) is 0 Å². The number of aliphatic carboxylic acids is 1. The zero-order valence-electron chi connectivity index (χ0n) is 8.97. The van der Waals surface area contributed by atoms with Gasteiger partial charge in [0.25, 0.3) is 0 Å². The SMILES string of the molecule is O=C(O)CCCCNc1c(Cl)cc(F)cc1Cl. The van der Waals surface area contributed by atoms with Gasteiger partial charge in [-0.2, -0.15) is 0 Å². The van der Waals surface area contributed by atoms with E-state index in [4.69, 9.17) is 28.3 Å². The fourth-order valence-corrected chi connectivity index (χ4v) is 1.92. The van der Waals surface area contributed by atoms with E-state index in [1.807, 2.05) is 0 Å². The van der Waals surface area contributed by atoms with Crippen molar-refractivity contribution in [1.29, 1.82) is 0 Å². The molecular formula is C11H12Cl2FNO2. The number of rotatable bonds is 6. The van der Waals surface area contributed by atoms with Crippen LogP contribution in [-0.4, -0.2) is 17.6 Å². The molecule has 1 aromatic carbocycles. The van der Waals surface area contributed by atoms with Crippen LogP contribution < -0.4 is 5.32 Å². The highest BCUT2D eigenvalue weighted by atomic mass is 35.5. The maximum Gasteiger partial charge on any atom is 0.303 e. The van der Waals surface area contributed by atoms with Gasteiger partial charge in [0.1, 0.15) is 5.82 Å². The Morgan fingerprint density at radius 1 is 1.29 bits per heavy atom. The van der Waals surface area contributed by atoms with Crippen molar-refractivity contribution in [2.45, 2.75) is 19.3 Å². The van der Waals surface area contributed by atoms with E-state index >= 15 is 0 Å². The average molecular weight is 280 g/mol. The molecular weight excluding hydrogens is 268 g/mol. The van der Waals surface area contributed by atoms with E-state index in [1.165, 1.54) is 12.1 Å². The second-order valence-electron chi connectivity index (χ2n) is 3.52. The van der Waals surface area contributed by atoms with Crippen molar-refractivity contribution in [1.82, 2.24) is 0 Å². The lowest BCUT2D eigenvalue weighted by Crippen LogP contribution is -2.04. The second-order valence-corrected chi connectivity index (χ2v) is 4.34. The lowest BCUT2D eigenvalue weighted by Gasteiger charge is -2.10. The molecule has 0 aliphatic heterocycles. The van der Waals surface area contributed by atoms with E-state index in [0.29, 0.717) is 25.1 Å². The molecule has 0 aromatic heterocycles. The molecule has 3 nitrogen and oxygen atoms in total. The normalized spacial score (nSPS) is 10.3. The van der Waals surface area contributed by atoms with Gasteiger partial charge in [-0.25, -0.2) is 4.39 Å². The fourth-order valence-electron chi connectivity index (χ4n) is 1.33. The number of anilines is 1. The summed E-state index contributed by atoms with van der Waals surface area (Å²) in [6, 6.07) is 2.35. The first-order valence-corrected chi connectivity index (χ1v) is 5.86. The van der Waals surface area contributed by atoms with Gasteiger partial charge < -0.3 is 10.4 Å². The number of carboxylic acids is 1. The molecule has 0 bridgehead atoms. The third-order valence-electron chi connectivity index (χ3n) is 2.13. The lowest BCUT2D eigenvalue weighted by atomic mass is 10.2. The minimum atomic E-state index is -0.817. The number of hydrogen-bond donors (Lipinski definition) is 2. The predicted octanol–water partition coefficient (Wildman–Crippen LogP) is 3.80. The van der Waals surface area contributed by atoms with Gasteiger partial charge in [0.2, 0.25) is 0 Å². The van der Waals surface area contributed by atoms with E-state index in [-0.39, 0.29) is 16.5 Å². The first-order chi connectivity index (χ1) is 8.00. The summed E-state index contributed by atoms with van der Waals surface area (Å²) < 4.78 is 12.9. The van der Waals surface area contributed by atoms with Gasteiger partial charge in [0.15, 0.2) is 0 Å². The molecule has 17 heavy (non-hydrogen) atoms. The van der Waals surface area contributed by atoms with Crippen LogP contribution >= 0.6 is 23.2 Å².